The molecule has 0 aliphatic carbocycles. The number of carbonyl (C=O) groups excluding carboxylic acids is 2. The average Bonchev–Trinajstić information content (AvgIpc) is 3.55. The quantitative estimate of drug-likeness (QED) is 0.256. The fraction of sp³-hybridized carbons (Fsp3) is 0.412. The lowest BCUT2D eigenvalue weighted by atomic mass is 9.76. The van der Waals surface area contributed by atoms with Gasteiger partial charge in [-0.3, -0.25) is 9.59 Å². The van der Waals surface area contributed by atoms with Crippen LogP contribution in [-0.2, 0) is 22.6 Å². The van der Waals surface area contributed by atoms with Gasteiger partial charge in [-0.1, -0.05) is 87.7 Å². The zero-order chi connectivity index (χ0) is 29.3. The van der Waals surface area contributed by atoms with Crippen LogP contribution in [0.4, 0.5) is 0 Å². The molecule has 6 rings (SSSR count). The second kappa shape index (κ2) is 13.9. The number of rotatable bonds is 7. The van der Waals surface area contributed by atoms with E-state index in [1.54, 1.807) is 12.1 Å². The van der Waals surface area contributed by atoms with Gasteiger partial charge in [0.05, 0.1) is 21.9 Å². The lowest BCUT2D eigenvalue weighted by Crippen LogP contribution is -2.46. The summed E-state index contributed by atoms with van der Waals surface area (Å²) in [6, 6.07) is 24.3. The molecule has 228 valence electrons. The van der Waals surface area contributed by atoms with Gasteiger partial charge in [-0.25, -0.2) is 0 Å². The average molecular weight is 706 g/mol. The van der Waals surface area contributed by atoms with Crippen LogP contribution in [0.2, 0.25) is 10.0 Å². The van der Waals surface area contributed by atoms with Gasteiger partial charge in [-0.05, 0) is 79.2 Å². The predicted octanol–water partition coefficient (Wildman–Crippen LogP) is 7.48. The van der Waals surface area contributed by atoms with E-state index in [0.29, 0.717) is 34.8 Å². The molecule has 0 bridgehead atoms. The maximum atomic E-state index is 13.6. The molecule has 9 heteroatoms. The minimum absolute atomic E-state index is 0. The van der Waals surface area contributed by atoms with Gasteiger partial charge in [0, 0.05) is 43.1 Å². The third-order valence-electron chi connectivity index (χ3n) is 9.55. The van der Waals surface area contributed by atoms with Crippen molar-refractivity contribution in [1.82, 2.24) is 14.7 Å². The molecule has 0 N–H and O–H groups in total. The molecule has 3 fully saturated rings. The summed E-state index contributed by atoms with van der Waals surface area (Å²) in [5.41, 5.74) is 3.12. The van der Waals surface area contributed by atoms with Crippen LogP contribution in [0, 0.1) is 11.3 Å². The van der Waals surface area contributed by atoms with Gasteiger partial charge in [0.25, 0.3) is 0 Å². The first kappa shape index (κ1) is 32.3. The monoisotopic (exact) mass is 703 g/mol. The summed E-state index contributed by atoms with van der Waals surface area (Å²) in [5, 5.41) is 0.974. The molecule has 0 radical (unpaired) electrons. The summed E-state index contributed by atoms with van der Waals surface area (Å²) in [7, 11) is 0. The summed E-state index contributed by atoms with van der Waals surface area (Å²) in [5.74, 6) is 1.07. The molecule has 5 nitrogen and oxygen atoms in total. The van der Waals surface area contributed by atoms with E-state index in [2.05, 4.69) is 62.1 Å². The SMILES string of the molecule is Cl.O=C(Cc1ccc(Cl)c(Cl)c1)N1C[C@H](CN2CCC3(CC2)CCN(Cc2ccc(Br)cc2)C3=O)[C@@H](c2ccccc2)C1. The summed E-state index contributed by atoms with van der Waals surface area (Å²) in [6.45, 7) is 5.76. The first-order valence-corrected chi connectivity index (χ1v) is 16.4. The molecule has 2 amide bonds. The van der Waals surface area contributed by atoms with Crippen LogP contribution in [-0.4, -0.2) is 65.8 Å². The number of halogens is 4. The third kappa shape index (κ3) is 7.26. The highest BCUT2D eigenvalue weighted by atomic mass is 79.9. The van der Waals surface area contributed by atoms with E-state index in [1.807, 2.05) is 29.2 Å². The van der Waals surface area contributed by atoms with Crippen molar-refractivity contribution in [3.63, 3.8) is 0 Å². The Morgan fingerprint density at radius 3 is 2.23 bits per heavy atom. The topological polar surface area (TPSA) is 43.9 Å². The fourth-order valence-electron chi connectivity index (χ4n) is 7.09. The van der Waals surface area contributed by atoms with Crippen LogP contribution in [0.15, 0.2) is 77.3 Å². The van der Waals surface area contributed by atoms with Crippen LogP contribution in [0.1, 0.15) is 41.9 Å². The molecule has 3 aliphatic heterocycles. The second-order valence-corrected chi connectivity index (χ2v) is 13.9. The van der Waals surface area contributed by atoms with Gasteiger partial charge >= 0.3 is 0 Å². The molecule has 43 heavy (non-hydrogen) atoms. The van der Waals surface area contributed by atoms with Crippen LogP contribution < -0.4 is 0 Å². The lowest BCUT2D eigenvalue weighted by Gasteiger charge is -2.39. The van der Waals surface area contributed by atoms with E-state index in [4.69, 9.17) is 23.2 Å². The highest BCUT2D eigenvalue weighted by Gasteiger charge is 2.48. The molecule has 1 spiro atoms. The smallest absolute Gasteiger partial charge is 0.229 e. The molecule has 3 heterocycles. The van der Waals surface area contributed by atoms with Gasteiger partial charge in [-0.15, -0.1) is 12.4 Å². The number of hydrogen-bond acceptors (Lipinski definition) is 3. The van der Waals surface area contributed by atoms with Crippen molar-refractivity contribution in [2.45, 2.75) is 38.1 Å². The molecule has 3 aliphatic rings. The maximum Gasteiger partial charge on any atom is 0.229 e. The summed E-state index contributed by atoms with van der Waals surface area (Å²) < 4.78 is 1.05. The predicted molar refractivity (Wildman–Crippen MR) is 179 cm³/mol. The molecule has 2 atom stereocenters. The Labute approximate surface area is 279 Å². The number of amides is 2. The summed E-state index contributed by atoms with van der Waals surface area (Å²) in [6.07, 6.45) is 3.08. The van der Waals surface area contributed by atoms with E-state index >= 15 is 0 Å². The Morgan fingerprint density at radius 2 is 1.53 bits per heavy atom. The minimum Gasteiger partial charge on any atom is -0.341 e. The number of benzene rings is 3. The summed E-state index contributed by atoms with van der Waals surface area (Å²) in [4.78, 5) is 33.6. The molecular weight excluding hydrogens is 669 g/mol. The molecule has 0 unspecified atom stereocenters. The van der Waals surface area contributed by atoms with E-state index in [0.717, 1.165) is 68.6 Å². The van der Waals surface area contributed by atoms with Gasteiger partial charge in [0.1, 0.15) is 0 Å². The first-order valence-electron chi connectivity index (χ1n) is 14.8. The molecule has 0 aromatic heterocycles. The van der Waals surface area contributed by atoms with Crippen molar-refractivity contribution >= 4 is 63.4 Å². The number of likely N-dealkylation sites (tertiary alicyclic amines) is 3. The molecule has 3 aromatic rings. The fourth-order valence-corrected chi connectivity index (χ4v) is 7.67. The Kier molecular flexibility index (Phi) is 10.5. The van der Waals surface area contributed by atoms with Crippen LogP contribution in [0.25, 0.3) is 0 Å². The zero-order valence-corrected chi connectivity index (χ0v) is 28.0. The number of hydrogen-bond donors (Lipinski definition) is 0. The van der Waals surface area contributed by atoms with Crippen molar-refractivity contribution in [3.8, 4) is 0 Å². The largest absolute Gasteiger partial charge is 0.341 e. The van der Waals surface area contributed by atoms with E-state index < -0.39 is 0 Å². The Bertz CT molecular complexity index is 1430. The van der Waals surface area contributed by atoms with Crippen LogP contribution in [0.5, 0.6) is 0 Å². The Morgan fingerprint density at radius 1 is 0.860 bits per heavy atom. The molecule has 0 saturated carbocycles. The highest BCUT2D eigenvalue weighted by Crippen LogP contribution is 2.43. The minimum atomic E-state index is -0.220. The van der Waals surface area contributed by atoms with Gasteiger partial charge in [0.15, 0.2) is 0 Å². The Hall–Kier alpha value is -2.09. The van der Waals surface area contributed by atoms with E-state index in [9.17, 15) is 9.59 Å². The zero-order valence-electron chi connectivity index (χ0n) is 24.1. The van der Waals surface area contributed by atoms with Crippen molar-refractivity contribution in [1.29, 1.82) is 0 Å². The van der Waals surface area contributed by atoms with Crippen molar-refractivity contribution in [2.75, 3.05) is 39.3 Å². The lowest BCUT2D eigenvalue weighted by molar-refractivity contribution is -0.139. The summed E-state index contributed by atoms with van der Waals surface area (Å²) >= 11 is 15.8. The third-order valence-corrected chi connectivity index (χ3v) is 10.8. The van der Waals surface area contributed by atoms with Crippen molar-refractivity contribution in [3.05, 3.63) is 104 Å². The Balaban J connectivity index is 0.00000368. The number of nitrogens with zero attached hydrogens (tertiary/aromatic N) is 3. The van der Waals surface area contributed by atoms with Gasteiger partial charge in [0.2, 0.25) is 11.8 Å². The second-order valence-electron chi connectivity index (χ2n) is 12.2. The van der Waals surface area contributed by atoms with Gasteiger partial charge < -0.3 is 14.7 Å². The number of piperidine rings is 1. The van der Waals surface area contributed by atoms with Gasteiger partial charge in [-0.2, -0.15) is 0 Å². The normalized spacial score (nSPS) is 21.8. The van der Waals surface area contributed by atoms with E-state index in [-0.39, 0.29) is 29.6 Å². The highest BCUT2D eigenvalue weighted by molar-refractivity contribution is 9.10. The first-order chi connectivity index (χ1) is 20.3. The number of carbonyl (C=O) groups is 2. The van der Waals surface area contributed by atoms with Crippen LogP contribution in [0.3, 0.4) is 0 Å². The molecule has 3 aromatic carbocycles. The van der Waals surface area contributed by atoms with Crippen molar-refractivity contribution in [2.24, 2.45) is 11.3 Å². The van der Waals surface area contributed by atoms with E-state index in [1.165, 1.54) is 11.1 Å². The van der Waals surface area contributed by atoms with Crippen molar-refractivity contribution < 1.29 is 9.59 Å². The maximum absolute atomic E-state index is 13.6. The standard InChI is InChI=1S/C34H36BrCl2N3O2.ClH/c35-28-9-6-24(7-10-28)20-39-17-14-34(33(39)42)12-15-38(16-13-34)21-27-22-40(23-29(27)26-4-2-1-3-5-26)32(41)19-25-8-11-30(36)31(37)18-25;/h1-11,18,27,29H,12-17,19-23H2;1H/t27-,29+;/m0./s1. The van der Waals surface area contributed by atoms with Crippen LogP contribution >= 0.6 is 51.5 Å². The molecule has 3 saturated heterocycles. The molecular formula is C34H37BrCl3N3O2.